The Balaban J connectivity index is 1.80. The van der Waals surface area contributed by atoms with Crippen molar-refractivity contribution in [3.63, 3.8) is 0 Å². The molecule has 7 nitrogen and oxygen atoms in total. The third-order valence-electron chi connectivity index (χ3n) is 4.06. The number of nitro benzene ring substituents is 1. The fourth-order valence-electron chi connectivity index (χ4n) is 2.68. The van der Waals surface area contributed by atoms with E-state index in [4.69, 9.17) is 4.84 Å². The summed E-state index contributed by atoms with van der Waals surface area (Å²) in [6.45, 7) is -0.127. The highest BCUT2D eigenvalue weighted by Crippen LogP contribution is 2.21. The minimum atomic E-state index is -0.471. The van der Waals surface area contributed by atoms with Crippen molar-refractivity contribution >= 4 is 17.8 Å². The number of likely N-dealkylation sites (N-methyl/N-ethyl adjacent to an activating group) is 1. The van der Waals surface area contributed by atoms with Gasteiger partial charge in [0.05, 0.1) is 11.1 Å². The van der Waals surface area contributed by atoms with Crippen LogP contribution in [-0.2, 0) is 9.63 Å². The van der Waals surface area contributed by atoms with Gasteiger partial charge in [-0.25, -0.2) is 0 Å². The highest BCUT2D eigenvalue weighted by atomic mass is 16.6. The van der Waals surface area contributed by atoms with Gasteiger partial charge in [-0.2, -0.15) is 0 Å². The topological polar surface area (TPSA) is 85.0 Å². The molecule has 124 valence electrons. The van der Waals surface area contributed by atoms with E-state index < -0.39 is 4.92 Å². The van der Waals surface area contributed by atoms with E-state index in [0.29, 0.717) is 11.6 Å². The molecule has 0 radical (unpaired) electrons. The SMILES string of the molecule is CN(C(=O)CO/N=C\c1cccc([N+](=O)[O-])c1)C1CCCCC1. The summed E-state index contributed by atoms with van der Waals surface area (Å²) in [4.78, 5) is 29.0. The Hall–Kier alpha value is -2.44. The zero-order valence-corrected chi connectivity index (χ0v) is 13.2. The molecule has 1 amide bonds. The van der Waals surface area contributed by atoms with Crippen molar-refractivity contribution in [2.45, 2.75) is 38.1 Å². The summed E-state index contributed by atoms with van der Waals surface area (Å²) >= 11 is 0. The highest BCUT2D eigenvalue weighted by molar-refractivity contribution is 5.80. The number of non-ortho nitro benzene ring substituents is 1. The van der Waals surface area contributed by atoms with E-state index >= 15 is 0 Å². The predicted octanol–water partition coefficient (Wildman–Crippen LogP) is 2.74. The first-order valence-electron chi connectivity index (χ1n) is 7.73. The van der Waals surface area contributed by atoms with Crippen molar-refractivity contribution in [3.05, 3.63) is 39.9 Å². The average molecular weight is 319 g/mol. The zero-order chi connectivity index (χ0) is 16.7. The molecule has 7 heteroatoms. The molecule has 1 aliphatic rings. The number of rotatable bonds is 6. The molecule has 1 aromatic rings. The molecule has 1 aliphatic carbocycles. The first-order chi connectivity index (χ1) is 11.1. The molecule has 0 aliphatic heterocycles. The van der Waals surface area contributed by atoms with E-state index in [9.17, 15) is 14.9 Å². The number of hydrogen-bond donors (Lipinski definition) is 0. The maximum absolute atomic E-state index is 12.0. The van der Waals surface area contributed by atoms with E-state index in [-0.39, 0.29) is 18.2 Å². The van der Waals surface area contributed by atoms with Crippen molar-refractivity contribution in [1.29, 1.82) is 0 Å². The van der Waals surface area contributed by atoms with Crippen LogP contribution in [0.3, 0.4) is 0 Å². The number of oxime groups is 1. The lowest BCUT2D eigenvalue weighted by Gasteiger charge is -2.30. The number of nitro groups is 1. The second kappa shape index (κ2) is 8.26. The normalized spacial score (nSPS) is 15.5. The van der Waals surface area contributed by atoms with Crippen LogP contribution in [-0.4, -0.2) is 41.6 Å². The molecular weight excluding hydrogens is 298 g/mol. The van der Waals surface area contributed by atoms with Crippen LogP contribution in [0.15, 0.2) is 29.4 Å². The Kier molecular flexibility index (Phi) is 6.08. The Morgan fingerprint density at radius 2 is 2.17 bits per heavy atom. The largest absolute Gasteiger partial charge is 0.386 e. The first kappa shape index (κ1) is 16.9. The van der Waals surface area contributed by atoms with Gasteiger partial charge in [-0.3, -0.25) is 14.9 Å². The minimum Gasteiger partial charge on any atom is -0.386 e. The zero-order valence-electron chi connectivity index (χ0n) is 13.2. The predicted molar refractivity (Wildman–Crippen MR) is 86.3 cm³/mol. The number of hydrogen-bond acceptors (Lipinski definition) is 5. The molecule has 0 spiro atoms. The Labute approximate surface area is 135 Å². The molecule has 1 aromatic carbocycles. The smallest absolute Gasteiger partial charge is 0.270 e. The average Bonchev–Trinajstić information content (AvgIpc) is 2.59. The Morgan fingerprint density at radius 1 is 1.43 bits per heavy atom. The molecule has 1 fully saturated rings. The fraction of sp³-hybridized carbons (Fsp3) is 0.500. The Morgan fingerprint density at radius 3 is 2.87 bits per heavy atom. The molecule has 0 saturated heterocycles. The summed E-state index contributed by atoms with van der Waals surface area (Å²) in [5.74, 6) is -0.104. The molecule has 0 N–H and O–H groups in total. The summed E-state index contributed by atoms with van der Waals surface area (Å²) in [6.07, 6.45) is 7.00. The van der Waals surface area contributed by atoms with Crippen molar-refractivity contribution in [3.8, 4) is 0 Å². The summed E-state index contributed by atoms with van der Waals surface area (Å²) in [6, 6.07) is 6.33. The maximum atomic E-state index is 12.0. The second-order valence-corrected chi connectivity index (χ2v) is 5.66. The van der Waals surface area contributed by atoms with Gasteiger partial charge >= 0.3 is 0 Å². The van der Waals surface area contributed by atoms with Gasteiger partial charge < -0.3 is 9.74 Å². The fourth-order valence-corrected chi connectivity index (χ4v) is 2.68. The third-order valence-corrected chi connectivity index (χ3v) is 4.06. The van der Waals surface area contributed by atoms with Gasteiger partial charge in [0.25, 0.3) is 11.6 Å². The molecule has 23 heavy (non-hydrogen) atoms. The van der Waals surface area contributed by atoms with Crippen molar-refractivity contribution in [1.82, 2.24) is 4.90 Å². The maximum Gasteiger partial charge on any atom is 0.270 e. The van der Waals surface area contributed by atoms with Crippen LogP contribution in [0.25, 0.3) is 0 Å². The van der Waals surface area contributed by atoms with Crippen molar-refractivity contribution in [2.75, 3.05) is 13.7 Å². The van der Waals surface area contributed by atoms with Gasteiger partial charge in [-0.05, 0) is 12.8 Å². The molecule has 1 saturated carbocycles. The quantitative estimate of drug-likeness (QED) is 0.458. The minimum absolute atomic E-state index is 0.0120. The standard InChI is InChI=1S/C16H21N3O4/c1-18(14-7-3-2-4-8-14)16(20)12-23-17-11-13-6-5-9-15(10-13)19(21)22/h5-6,9-11,14H,2-4,7-8,12H2,1H3/b17-11-. The summed E-state index contributed by atoms with van der Waals surface area (Å²) < 4.78 is 0. The summed E-state index contributed by atoms with van der Waals surface area (Å²) in [7, 11) is 1.80. The van der Waals surface area contributed by atoms with E-state index in [1.807, 2.05) is 0 Å². The molecular formula is C16H21N3O4. The van der Waals surface area contributed by atoms with Gasteiger partial charge in [0, 0.05) is 30.8 Å². The van der Waals surface area contributed by atoms with Gasteiger partial charge in [-0.1, -0.05) is 36.6 Å². The summed E-state index contributed by atoms with van der Waals surface area (Å²) in [5, 5.41) is 14.4. The van der Waals surface area contributed by atoms with Gasteiger partial charge in [-0.15, -0.1) is 0 Å². The van der Waals surface area contributed by atoms with Crippen LogP contribution in [0.1, 0.15) is 37.7 Å². The number of amides is 1. The first-order valence-corrected chi connectivity index (χ1v) is 7.73. The third kappa shape index (κ3) is 5.05. The van der Waals surface area contributed by atoms with Crippen LogP contribution < -0.4 is 0 Å². The van der Waals surface area contributed by atoms with Gasteiger partial charge in [0.1, 0.15) is 0 Å². The highest BCUT2D eigenvalue weighted by Gasteiger charge is 2.22. The molecule has 2 rings (SSSR count). The molecule has 0 atom stereocenters. The van der Waals surface area contributed by atoms with E-state index in [1.165, 1.54) is 24.8 Å². The van der Waals surface area contributed by atoms with Crippen LogP contribution in [0.4, 0.5) is 5.69 Å². The van der Waals surface area contributed by atoms with Gasteiger partial charge in [0.15, 0.2) is 6.61 Å². The van der Waals surface area contributed by atoms with Crippen molar-refractivity contribution in [2.24, 2.45) is 5.16 Å². The molecule has 0 bridgehead atoms. The number of carbonyl (C=O) groups excluding carboxylic acids is 1. The van der Waals surface area contributed by atoms with Crippen molar-refractivity contribution < 1.29 is 14.6 Å². The van der Waals surface area contributed by atoms with E-state index in [0.717, 1.165) is 25.7 Å². The molecule has 0 unspecified atom stereocenters. The van der Waals surface area contributed by atoms with Crippen LogP contribution in [0, 0.1) is 10.1 Å². The number of carbonyl (C=O) groups is 1. The lowest BCUT2D eigenvalue weighted by molar-refractivity contribution is -0.384. The molecule has 0 aromatic heterocycles. The number of nitrogens with zero attached hydrogens (tertiary/aromatic N) is 3. The summed E-state index contributed by atoms with van der Waals surface area (Å²) in [5.41, 5.74) is 0.536. The Bertz CT molecular complexity index is 582. The van der Waals surface area contributed by atoms with E-state index in [1.54, 1.807) is 24.1 Å². The lowest BCUT2D eigenvalue weighted by atomic mass is 9.94. The van der Waals surface area contributed by atoms with Gasteiger partial charge in [0.2, 0.25) is 0 Å². The van der Waals surface area contributed by atoms with E-state index in [2.05, 4.69) is 5.16 Å². The lowest BCUT2D eigenvalue weighted by Crippen LogP contribution is -2.40. The monoisotopic (exact) mass is 319 g/mol. The second-order valence-electron chi connectivity index (χ2n) is 5.66. The molecule has 0 heterocycles. The van der Waals surface area contributed by atoms with Crippen LogP contribution >= 0.6 is 0 Å². The number of benzene rings is 1. The van der Waals surface area contributed by atoms with Crippen LogP contribution in [0.2, 0.25) is 0 Å². The van der Waals surface area contributed by atoms with Crippen LogP contribution in [0.5, 0.6) is 0 Å².